The highest BCUT2D eigenvalue weighted by Gasteiger charge is 2.51. The van der Waals surface area contributed by atoms with E-state index in [2.05, 4.69) is 254 Å². The molecule has 0 bridgehead atoms. The zero-order chi connectivity index (χ0) is 44.1. The SMILES string of the molecule is c1ccc(-c2ccc(N(c3ccc(-c4cccc5ccccc45)cc3)c3cccc(-c4ccc5c(c4)C4(c6ccccc6-c6ccccc64)c4ccccc4-5)c3)c3c2sc2ccccc23)cc1. The van der Waals surface area contributed by atoms with Crippen molar-refractivity contribution in [3.8, 4) is 55.6 Å². The van der Waals surface area contributed by atoms with E-state index in [0.29, 0.717) is 0 Å². The molecule has 0 saturated heterocycles. The van der Waals surface area contributed by atoms with Crippen LogP contribution in [0.25, 0.3) is 86.6 Å². The number of benzene rings is 11. The quantitative estimate of drug-likeness (QED) is 0.161. The summed E-state index contributed by atoms with van der Waals surface area (Å²) < 4.78 is 2.57. The second-order valence-corrected chi connectivity index (χ2v) is 19.0. The van der Waals surface area contributed by atoms with E-state index in [-0.39, 0.29) is 0 Å². The highest BCUT2D eigenvalue weighted by atomic mass is 32.1. The van der Waals surface area contributed by atoms with E-state index >= 15 is 0 Å². The van der Waals surface area contributed by atoms with E-state index in [4.69, 9.17) is 0 Å². The Hall–Kier alpha value is -8.30. The predicted octanol–water partition coefficient (Wildman–Crippen LogP) is 18.0. The molecule has 0 amide bonds. The zero-order valence-corrected chi connectivity index (χ0v) is 37.3. The van der Waals surface area contributed by atoms with Crippen molar-refractivity contribution >= 4 is 59.3 Å². The molecule has 12 aromatic rings. The molecule has 0 fully saturated rings. The molecule has 1 aromatic heterocycles. The zero-order valence-electron chi connectivity index (χ0n) is 36.5. The number of nitrogens with zero attached hydrogens (tertiary/aromatic N) is 1. The summed E-state index contributed by atoms with van der Waals surface area (Å²) in [5.74, 6) is 0. The summed E-state index contributed by atoms with van der Waals surface area (Å²) in [7, 11) is 0. The van der Waals surface area contributed by atoms with Gasteiger partial charge < -0.3 is 4.90 Å². The van der Waals surface area contributed by atoms with Crippen LogP contribution in [0.5, 0.6) is 0 Å². The molecule has 1 heterocycles. The van der Waals surface area contributed by atoms with Gasteiger partial charge in [0.1, 0.15) is 0 Å². The van der Waals surface area contributed by atoms with Gasteiger partial charge in [0.15, 0.2) is 0 Å². The first-order valence-electron chi connectivity index (χ1n) is 23.2. The molecule has 0 N–H and O–H groups in total. The normalized spacial score (nSPS) is 12.9. The molecule has 1 spiro atoms. The molecular weight excluding hydrogens is 827 g/mol. The first kappa shape index (κ1) is 38.0. The highest BCUT2D eigenvalue weighted by Crippen LogP contribution is 2.63. The number of hydrogen-bond acceptors (Lipinski definition) is 2. The molecule has 2 heteroatoms. The summed E-state index contributed by atoms with van der Waals surface area (Å²) in [4.78, 5) is 2.49. The maximum atomic E-state index is 2.50. The van der Waals surface area contributed by atoms with E-state index in [1.165, 1.54) is 109 Å². The Labute approximate surface area is 394 Å². The van der Waals surface area contributed by atoms with Gasteiger partial charge in [-0.2, -0.15) is 0 Å². The molecular formula is C65H41NS. The number of hydrogen-bond donors (Lipinski definition) is 0. The Balaban J connectivity index is 0.974. The van der Waals surface area contributed by atoms with Crippen LogP contribution >= 0.6 is 11.3 Å². The Morgan fingerprint density at radius 3 is 1.58 bits per heavy atom. The van der Waals surface area contributed by atoms with Gasteiger partial charge in [0.2, 0.25) is 0 Å². The van der Waals surface area contributed by atoms with Gasteiger partial charge in [0.25, 0.3) is 0 Å². The Bertz CT molecular complexity index is 3860. The third kappa shape index (κ3) is 5.61. The smallest absolute Gasteiger partial charge is 0.0725 e. The van der Waals surface area contributed by atoms with Crippen molar-refractivity contribution in [3.05, 3.63) is 271 Å². The summed E-state index contributed by atoms with van der Waals surface area (Å²) in [6, 6.07) is 92.5. The number of fused-ring (bicyclic) bond motifs is 14. The van der Waals surface area contributed by atoms with Crippen LogP contribution < -0.4 is 4.90 Å². The van der Waals surface area contributed by atoms with E-state index in [9.17, 15) is 0 Å². The number of rotatable bonds is 6. The average Bonchev–Trinajstić information content (AvgIpc) is 4.04. The second-order valence-electron chi connectivity index (χ2n) is 17.9. The largest absolute Gasteiger partial charge is 0.310 e. The summed E-state index contributed by atoms with van der Waals surface area (Å²) in [6.07, 6.45) is 0. The summed E-state index contributed by atoms with van der Waals surface area (Å²) in [5, 5.41) is 5.04. The molecule has 0 saturated carbocycles. The molecule has 0 atom stereocenters. The maximum absolute atomic E-state index is 2.50. The topological polar surface area (TPSA) is 3.24 Å². The standard InChI is InChI=1S/C65H41NS/c1-2-16-43(17-3-1)51-38-39-61(63-56-26-9-13-31-62(56)67-64(51)63)66(47-35-32-44(33-36-47)50-27-15-19-42-18-4-5-22-49(42)50)48-21-14-20-45(40-48)46-34-37-55-54-25-8-12-30-59(54)65(60(55)41-46)57-28-10-6-23-52(57)53-24-7-11-29-58(53)65/h1-41H. The highest BCUT2D eigenvalue weighted by molar-refractivity contribution is 7.26. The lowest BCUT2D eigenvalue weighted by molar-refractivity contribution is 0.794. The Kier molecular flexibility index (Phi) is 8.44. The lowest BCUT2D eigenvalue weighted by atomic mass is 9.70. The van der Waals surface area contributed by atoms with E-state index < -0.39 is 5.41 Å². The van der Waals surface area contributed by atoms with E-state index in [1.807, 2.05) is 11.3 Å². The van der Waals surface area contributed by atoms with Crippen molar-refractivity contribution in [1.29, 1.82) is 0 Å². The lowest BCUT2D eigenvalue weighted by Gasteiger charge is -2.31. The van der Waals surface area contributed by atoms with Crippen LogP contribution in [-0.4, -0.2) is 0 Å². The van der Waals surface area contributed by atoms with Crippen LogP contribution in [0.2, 0.25) is 0 Å². The third-order valence-corrected chi connectivity index (χ3v) is 15.7. The number of thiophene rings is 1. The molecule has 312 valence electrons. The molecule has 0 unspecified atom stereocenters. The minimum atomic E-state index is -0.406. The molecule has 0 aliphatic heterocycles. The Morgan fingerprint density at radius 2 is 0.836 bits per heavy atom. The van der Waals surface area contributed by atoms with Gasteiger partial charge in [-0.25, -0.2) is 0 Å². The van der Waals surface area contributed by atoms with E-state index in [1.54, 1.807) is 0 Å². The van der Waals surface area contributed by atoms with Crippen LogP contribution in [0.3, 0.4) is 0 Å². The van der Waals surface area contributed by atoms with Gasteiger partial charge >= 0.3 is 0 Å². The molecule has 11 aromatic carbocycles. The van der Waals surface area contributed by atoms with Crippen LogP contribution in [-0.2, 0) is 5.41 Å². The van der Waals surface area contributed by atoms with Crippen LogP contribution in [0.1, 0.15) is 22.3 Å². The second kappa shape index (κ2) is 14.9. The summed E-state index contributed by atoms with van der Waals surface area (Å²) >= 11 is 1.88. The minimum Gasteiger partial charge on any atom is -0.310 e. The minimum absolute atomic E-state index is 0.406. The molecule has 2 aliphatic carbocycles. The van der Waals surface area contributed by atoms with Gasteiger partial charge in [-0.05, 0) is 131 Å². The fourth-order valence-electron chi connectivity index (χ4n) is 11.6. The molecule has 67 heavy (non-hydrogen) atoms. The fourth-order valence-corrected chi connectivity index (χ4v) is 12.9. The monoisotopic (exact) mass is 867 g/mol. The summed E-state index contributed by atoms with van der Waals surface area (Å²) in [6.45, 7) is 0. The van der Waals surface area contributed by atoms with Gasteiger partial charge in [0.05, 0.1) is 11.1 Å². The molecule has 0 radical (unpaired) electrons. The van der Waals surface area contributed by atoms with Crippen molar-refractivity contribution in [2.45, 2.75) is 5.41 Å². The van der Waals surface area contributed by atoms with Gasteiger partial charge in [-0.15, -0.1) is 11.3 Å². The van der Waals surface area contributed by atoms with Crippen molar-refractivity contribution < 1.29 is 0 Å². The first-order chi connectivity index (χ1) is 33.2. The van der Waals surface area contributed by atoms with Crippen molar-refractivity contribution in [3.63, 3.8) is 0 Å². The van der Waals surface area contributed by atoms with Crippen LogP contribution in [0.4, 0.5) is 17.1 Å². The maximum Gasteiger partial charge on any atom is 0.0725 e. The summed E-state index contributed by atoms with van der Waals surface area (Å²) in [5.41, 5.74) is 20.9. The van der Waals surface area contributed by atoms with Crippen molar-refractivity contribution in [2.75, 3.05) is 4.90 Å². The van der Waals surface area contributed by atoms with Crippen LogP contribution in [0.15, 0.2) is 249 Å². The van der Waals surface area contributed by atoms with Crippen LogP contribution in [0, 0.1) is 0 Å². The first-order valence-corrected chi connectivity index (χ1v) is 24.0. The third-order valence-electron chi connectivity index (χ3n) is 14.5. The van der Waals surface area contributed by atoms with Crippen molar-refractivity contribution in [2.24, 2.45) is 0 Å². The fraction of sp³-hybridized carbons (Fsp3) is 0.0154. The van der Waals surface area contributed by atoms with Gasteiger partial charge in [-0.3, -0.25) is 0 Å². The predicted molar refractivity (Wildman–Crippen MR) is 284 cm³/mol. The lowest BCUT2D eigenvalue weighted by Crippen LogP contribution is -2.25. The van der Waals surface area contributed by atoms with Gasteiger partial charge in [-0.1, -0.05) is 206 Å². The van der Waals surface area contributed by atoms with E-state index in [0.717, 1.165) is 17.1 Å². The van der Waals surface area contributed by atoms with Gasteiger partial charge in [0, 0.05) is 31.5 Å². The number of anilines is 3. The Morgan fingerprint density at radius 1 is 0.313 bits per heavy atom. The average molecular weight is 868 g/mol. The van der Waals surface area contributed by atoms with Crippen molar-refractivity contribution in [1.82, 2.24) is 0 Å². The molecule has 2 aliphatic rings. The molecule has 14 rings (SSSR count). The molecule has 1 nitrogen and oxygen atoms in total.